The van der Waals surface area contributed by atoms with Gasteiger partial charge in [-0.1, -0.05) is 0 Å². The lowest BCUT2D eigenvalue weighted by molar-refractivity contribution is -0.139. The molecule has 0 aliphatic heterocycles. The molecule has 1 aliphatic carbocycles. The van der Waals surface area contributed by atoms with Crippen molar-refractivity contribution in [3.8, 4) is 5.88 Å². The van der Waals surface area contributed by atoms with E-state index in [1.807, 2.05) is 0 Å². The average Bonchev–Trinajstić information content (AvgIpc) is 2.66. The van der Waals surface area contributed by atoms with Crippen LogP contribution in [-0.2, 0) is 6.18 Å². The highest BCUT2D eigenvalue weighted by molar-refractivity contribution is 9.10. The average molecular weight is 325 g/mol. The molecule has 2 rings (SSSR count). The summed E-state index contributed by atoms with van der Waals surface area (Å²) in [5, 5.41) is 0. The van der Waals surface area contributed by atoms with Crippen LogP contribution in [0.2, 0.25) is 0 Å². The first-order chi connectivity index (χ1) is 8.38. The molecule has 1 saturated carbocycles. The zero-order valence-electron chi connectivity index (χ0n) is 9.38. The van der Waals surface area contributed by atoms with Gasteiger partial charge in [0.25, 0.3) is 0 Å². The van der Waals surface area contributed by atoms with E-state index in [0.717, 1.165) is 18.9 Å². The van der Waals surface area contributed by atoms with Crippen molar-refractivity contribution < 1.29 is 17.9 Å². The SMILES string of the molecule is NC1CCCC1Oc1ncc(Br)cc1C(F)(F)F. The quantitative estimate of drug-likeness (QED) is 0.909. The van der Waals surface area contributed by atoms with E-state index in [1.54, 1.807) is 0 Å². The number of alkyl halides is 3. The van der Waals surface area contributed by atoms with Gasteiger partial charge in [0, 0.05) is 16.7 Å². The molecule has 1 heterocycles. The van der Waals surface area contributed by atoms with E-state index < -0.39 is 17.6 Å². The summed E-state index contributed by atoms with van der Waals surface area (Å²) >= 11 is 2.97. The Morgan fingerprint density at radius 1 is 1.39 bits per heavy atom. The molecule has 1 aromatic heterocycles. The zero-order chi connectivity index (χ0) is 13.3. The molecule has 2 N–H and O–H groups in total. The lowest BCUT2D eigenvalue weighted by atomic mass is 10.2. The van der Waals surface area contributed by atoms with Gasteiger partial charge in [-0.05, 0) is 41.3 Å². The molecule has 1 fully saturated rings. The van der Waals surface area contributed by atoms with Crippen molar-refractivity contribution >= 4 is 15.9 Å². The third-order valence-corrected chi connectivity index (χ3v) is 3.32. The van der Waals surface area contributed by atoms with E-state index in [4.69, 9.17) is 10.5 Å². The van der Waals surface area contributed by atoms with Crippen molar-refractivity contribution in [2.45, 2.75) is 37.6 Å². The maximum Gasteiger partial charge on any atom is 0.421 e. The van der Waals surface area contributed by atoms with Crippen molar-refractivity contribution in [2.75, 3.05) is 0 Å². The fourth-order valence-corrected chi connectivity index (χ4v) is 2.30. The molecule has 0 aromatic carbocycles. The Labute approximate surface area is 111 Å². The number of hydrogen-bond donors (Lipinski definition) is 1. The van der Waals surface area contributed by atoms with Crippen LogP contribution in [0.15, 0.2) is 16.7 Å². The summed E-state index contributed by atoms with van der Waals surface area (Å²) in [5.74, 6) is -0.395. The van der Waals surface area contributed by atoms with Crippen molar-refractivity contribution in [2.24, 2.45) is 5.73 Å². The molecule has 0 spiro atoms. The van der Waals surface area contributed by atoms with E-state index in [2.05, 4.69) is 20.9 Å². The second-order valence-corrected chi connectivity index (χ2v) is 5.17. The van der Waals surface area contributed by atoms with Crippen LogP contribution in [0.5, 0.6) is 5.88 Å². The van der Waals surface area contributed by atoms with Crippen LogP contribution in [0.1, 0.15) is 24.8 Å². The number of nitrogens with zero attached hydrogens (tertiary/aromatic N) is 1. The third-order valence-electron chi connectivity index (χ3n) is 2.89. The topological polar surface area (TPSA) is 48.1 Å². The van der Waals surface area contributed by atoms with Gasteiger partial charge in [-0.2, -0.15) is 13.2 Å². The molecular weight excluding hydrogens is 313 g/mol. The maximum atomic E-state index is 12.8. The summed E-state index contributed by atoms with van der Waals surface area (Å²) in [6.07, 6.45) is -1.30. The molecule has 2 unspecified atom stereocenters. The van der Waals surface area contributed by atoms with Gasteiger partial charge in [0.2, 0.25) is 5.88 Å². The number of halogens is 4. The Bertz CT molecular complexity index is 439. The van der Waals surface area contributed by atoms with Crippen LogP contribution in [0, 0.1) is 0 Å². The van der Waals surface area contributed by atoms with E-state index >= 15 is 0 Å². The normalized spacial score (nSPS) is 24.3. The Kier molecular flexibility index (Phi) is 3.82. The molecule has 3 nitrogen and oxygen atoms in total. The fourth-order valence-electron chi connectivity index (χ4n) is 1.97. The largest absolute Gasteiger partial charge is 0.472 e. The molecule has 0 saturated heterocycles. The predicted octanol–water partition coefficient (Wildman–Crippen LogP) is 3.12. The van der Waals surface area contributed by atoms with Gasteiger partial charge in [-0.3, -0.25) is 0 Å². The van der Waals surface area contributed by atoms with Crippen LogP contribution >= 0.6 is 15.9 Å². The number of rotatable bonds is 2. The molecule has 100 valence electrons. The van der Waals surface area contributed by atoms with E-state index in [0.29, 0.717) is 6.42 Å². The minimum Gasteiger partial charge on any atom is -0.472 e. The van der Waals surface area contributed by atoms with E-state index in [1.165, 1.54) is 6.20 Å². The molecule has 2 atom stereocenters. The maximum absolute atomic E-state index is 12.8. The monoisotopic (exact) mass is 324 g/mol. The predicted molar refractivity (Wildman–Crippen MR) is 63.2 cm³/mol. The van der Waals surface area contributed by atoms with Gasteiger partial charge in [0.05, 0.1) is 0 Å². The highest BCUT2D eigenvalue weighted by atomic mass is 79.9. The molecule has 1 aromatic rings. The summed E-state index contributed by atoms with van der Waals surface area (Å²) in [5.41, 5.74) is 4.89. The van der Waals surface area contributed by atoms with Crippen molar-refractivity contribution in [3.63, 3.8) is 0 Å². The zero-order valence-corrected chi connectivity index (χ0v) is 11.0. The van der Waals surface area contributed by atoms with Crippen molar-refractivity contribution in [1.29, 1.82) is 0 Å². The van der Waals surface area contributed by atoms with Crippen molar-refractivity contribution in [3.05, 3.63) is 22.3 Å². The summed E-state index contributed by atoms with van der Waals surface area (Å²) < 4.78 is 44.1. The minimum absolute atomic E-state index is 0.225. The van der Waals surface area contributed by atoms with Gasteiger partial charge >= 0.3 is 6.18 Å². The van der Waals surface area contributed by atoms with E-state index in [9.17, 15) is 13.2 Å². The summed E-state index contributed by atoms with van der Waals surface area (Å²) in [7, 11) is 0. The van der Waals surface area contributed by atoms with E-state index in [-0.39, 0.29) is 16.6 Å². The second kappa shape index (κ2) is 5.05. The first-order valence-corrected chi connectivity index (χ1v) is 6.32. The Hall–Kier alpha value is -0.820. The fraction of sp³-hybridized carbons (Fsp3) is 0.545. The summed E-state index contributed by atoms with van der Waals surface area (Å²) in [6.45, 7) is 0. The van der Waals surface area contributed by atoms with Crippen LogP contribution in [0.25, 0.3) is 0 Å². The van der Waals surface area contributed by atoms with Crippen LogP contribution < -0.4 is 10.5 Å². The minimum atomic E-state index is -4.49. The molecule has 7 heteroatoms. The number of pyridine rings is 1. The third kappa shape index (κ3) is 2.95. The summed E-state index contributed by atoms with van der Waals surface area (Å²) in [4.78, 5) is 3.70. The van der Waals surface area contributed by atoms with Gasteiger partial charge < -0.3 is 10.5 Å². The number of ether oxygens (including phenoxy) is 1. The highest BCUT2D eigenvalue weighted by Gasteiger charge is 2.37. The molecule has 0 bridgehead atoms. The molecular formula is C11H12BrF3N2O. The first kappa shape index (κ1) is 13.6. The standard InChI is InChI=1S/C11H12BrF3N2O/c12-6-4-7(11(13,14)15)10(17-5-6)18-9-3-1-2-8(9)16/h4-5,8-9H,1-3,16H2. The number of nitrogens with two attached hydrogens (primary N) is 1. The van der Waals surface area contributed by atoms with Crippen LogP contribution in [0.4, 0.5) is 13.2 Å². The first-order valence-electron chi connectivity index (χ1n) is 5.53. The van der Waals surface area contributed by atoms with Gasteiger partial charge in [0.1, 0.15) is 11.7 Å². The van der Waals surface area contributed by atoms with Crippen LogP contribution in [0.3, 0.4) is 0 Å². The summed E-state index contributed by atoms with van der Waals surface area (Å²) in [6, 6.07) is 0.736. The Balaban J connectivity index is 2.27. The molecule has 0 radical (unpaired) electrons. The Morgan fingerprint density at radius 3 is 2.67 bits per heavy atom. The lowest BCUT2D eigenvalue weighted by Crippen LogP contribution is -2.34. The Morgan fingerprint density at radius 2 is 2.11 bits per heavy atom. The number of hydrogen-bond acceptors (Lipinski definition) is 3. The van der Waals surface area contributed by atoms with Gasteiger partial charge in [0.15, 0.2) is 0 Å². The van der Waals surface area contributed by atoms with Gasteiger partial charge in [-0.25, -0.2) is 4.98 Å². The molecule has 18 heavy (non-hydrogen) atoms. The van der Waals surface area contributed by atoms with Crippen molar-refractivity contribution in [1.82, 2.24) is 4.98 Å². The van der Waals surface area contributed by atoms with Gasteiger partial charge in [-0.15, -0.1) is 0 Å². The van der Waals surface area contributed by atoms with Crippen LogP contribution in [-0.4, -0.2) is 17.1 Å². The molecule has 1 aliphatic rings. The number of aromatic nitrogens is 1. The highest BCUT2D eigenvalue weighted by Crippen LogP contribution is 2.37. The molecule has 0 amide bonds. The second-order valence-electron chi connectivity index (χ2n) is 4.26. The smallest absolute Gasteiger partial charge is 0.421 e. The lowest BCUT2D eigenvalue weighted by Gasteiger charge is -2.20.